The molecule has 1 aliphatic heterocycles. The molecular formula is C20H17Cl2FN2O3. The number of nitrogens with zero attached hydrogens (tertiary/aromatic N) is 1. The molecule has 3 amide bonds. The molecule has 0 atom stereocenters. The lowest BCUT2D eigenvalue weighted by Crippen LogP contribution is -2.31. The average molecular weight is 423 g/mol. The highest BCUT2D eigenvalue weighted by Crippen LogP contribution is 2.35. The van der Waals surface area contributed by atoms with Crippen molar-refractivity contribution in [1.29, 1.82) is 0 Å². The van der Waals surface area contributed by atoms with E-state index in [1.807, 2.05) is 6.92 Å². The van der Waals surface area contributed by atoms with Crippen LogP contribution >= 0.6 is 23.2 Å². The van der Waals surface area contributed by atoms with Crippen molar-refractivity contribution in [2.75, 3.05) is 6.54 Å². The number of urea groups is 1. The third kappa shape index (κ3) is 4.46. The standard InChI is InChI=1S/C20H17Cl2FN2O3/c1-2-7-25-19(26)17(24-20(25)27)10-13-8-15(21)18(16(22)9-13)28-11-12-3-5-14(23)6-4-12/h3-6,8-10H,2,7,11H2,1H3,(H,24,27)/b17-10+. The third-order valence-electron chi connectivity index (χ3n) is 4.04. The minimum atomic E-state index is -0.449. The number of hydrogen-bond donors (Lipinski definition) is 1. The number of rotatable bonds is 6. The van der Waals surface area contributed by atoms with Crippen LogP contribution in [0.15, 0.2) is 42.1 Å². The number of amides is 3. The Balaban J connectivity index is 1.77. The van der Waals surface area contributed by atoms with Crippen molar-refractivity contribution in [2.45, 2.75) is 20.0 Å². The van der Waals surface area contributed by atoms with Gasteiger partial charge in [-0.1, -0.05) is 42.3 Å². The number of carbonyl (C=O) groups excluding carboxylic acids is 2. The van der Waals surface area contributed by atoms with Crippen LogP contribution in [0.25, 0.3) is 6.08 Å². The molecular weight excluding hydrogens is 406 g/mol. The van der Waals surface area contributed by atoms with Crippen molar-refractivity contribution in [3.8, 4) is 5.75 Å². The predicted molar refractivity (Wildman–Crippen MR) is 106 cm³/mol. The topological polar surface area (TPSA) is 58.6 Å². The summed E-state index contributed by atoms with van der Waals surface area (Å²) in [5.41, 5.74) is 1.46. The summed E-state index contributed by atoms with van der Waals surface area (Å²) in [5, 5.41) is 3.05. The van der Waals surface area contributed by atoms with Crippen LogP contribution in [0.2, 0.25) is 10.0 Å². The second kappa shape index (κ2) is 8.63. The van der Waals surface area contributed by atoms with Gasteiger partial charge in [0.25, 0.3) is 5.91 Å². The molecule has 0 aliphatic carbocycles. The summed E-state index contributed by atoms with van der Waals surface area (Å²) in [6.07, 6.45) is 2.18. The molecule has 0 spiro atoms. The van der Waals surface area contributed by atoms with Crippen LogP contribution in [0.1, 0.15) is 24.5 Å². The highest BCUT2D eigenvalue weighted by Gasteiger charge is 2.32. The average Bonchev–Trinajstić information content (AvgIpc) is 2.90. The molecule has 28 heavy (non-hydrogen) atoms. The maximum Gasteiger partial charge on any atom is 0.329 e. The monoisotopic (exact) mass is 422 g/mol. The number of benzene rings is 2. The lowest BCUT2D eigenvalue weighted by atomic mass is 10.1. The summed E-state index contributed by atoms with van der Waals surface area (Å²) in [7, 11) is 0. The van der Waals surface area contributed by atoms with Crippen LogP contribution in [-0.2, 0) is 11.4 Å². The zero-order chi connectivity index (χ0) is 20.3. The quantitative estimate of drug-likeness (QED) is 0.525. The molecule has 1 heterocycles. The highest BCUT2D eigenvalue weighted by molar-refractivity contribution is 6.37. The number of imide groups is 1. The number of nitrogens with one attached hydrogen (secondary N) is 1. The molecule has 0 saturated carbocycles. The smallest absolute Gasteiger partial charge is 0.329 e. The van der Waals surface area contributed by atoms with E-state index in [9.17, 15) is 14.0 Å². The number of ether oxygens (including phenoxy) is 1. The Morgan fingerprint density at radius 2 is 1.79 bits per heavy atom. The highest BCUT2D eigenvalue weighted by atomic mass is 35.5. The Morgan fingerprint density at radius 1 is 1.14 bits per heavy atom. The van der Waals surface area contributed by atoms with Gasteiger partial charge in [0.1, 0.15) is 18.1 Å². The van der Waals surface area contributed by atoms with Gasteiger partial charge in [-0.25, -0.2) is 9.18 Å². The predicted octanol–water partition coefficient (Wildman–Crippen LogP) is 5.01. The van der Waals surface area contributed by atoms with E-state index in [4.69, 9.17) is 27.9 Å². The largest absolute Gasteiger partial charge is 0.486 e. The molecule has 1 aliphatic rings. The van der Waals surface area contributed by atoms with Gasteiger partial charge in [-0.15, -0.1) is 0 Å². The molecule has 1 N–H and O–H groups in total. The van der Waals surface area contributed by atoms with Gasteiger partial charge in [0, 0.05) is 6.54 Å². The van der Waals surface area contributed by atoms with Gasteiger partial charge in [-0.3, -0.25) is 9.69 Å². The maximum atomic E-state index is 13.0. The van der Waals surface area contributed by atoms with Gasteiger partial charge in [0.15, 0.2) is 5.75 Å². The zero-order valence-corrected chi connectivity index (χ0v) is 16.5. The summed E-state index contributed by atoms with van der Waals surface area (Å²) >= 11 is 12.5. The molecule has 1 fully saturated rings. The second-order valence-electron chi connectivity index (χ2n) is 6.17. The van der Waals surface area contributed by atoms with E-state index in [0.717, 1.165) is 10.5 Å². The van der Waals surface area contributed by atoms with Gasteiger partial charge in [0.05, 0.1) is 10.0 Å². The van der Waals surface area contributed by atoms with Gasteiger partial charge < -0.3 is 10.1 Å². The van der Waals surface area contributed by atoms with Crippen LogP contribution in [-0.4, -0.2) is 23.4 Å². The second-order valence-corrected chi connectivity index (χ2v) is 6.99. The van der Waals surface area contributed by atoms with Crippen LogP contribution in [0, 0.1) is 5.82 Å². The lowest BCUT2D eigenvalue weighted by molar-refractivity contribution is -0.122. The fourth-order valence-electron chi connectivity index (χ4n) is 2.70. The molecule has 0 radical (unpaired) electrons. The first-order valence-electron chi connectivity index (χ1n) is 8.60. The van der Waals surface area contributed by atoms with E-state index < -0.39 is 11.9 Å². The molecule has 2 aromatic carbocycles. The van der Waals surface area contributed by atoms with Gasteiger partial charge >= 0.3 is 6.03 Å². The van der Waals surface area contributed by atoms with E-state index >= 15 is 0 Å². The molecule has 0 bridgehead atoms. The van der Waals surface area contributed by atoms with Crippen LogP contribution in [0.5, 0.6) is 5.75 Å². The molecule has 2 aromatic rings. The first-order chi connectivity index (χ1) is 13.4. The number of halogens is 3. The summed E-state index contributed by atoms with van der Waals surface area (Å²) in [5.74, 6) is -0.441. The van der Waals surface area contributed by atoms with E-state index in [0.29, 0.717) is 18.5 Å². The van der Waals surface area contributed by atoms with Crippen molar-refractivity contribution in [3.63, 3.8) is 0 Å². The van der Waals surface area contributed by atoms with E-state index in [2.05, 4.69) is 5.32 Å². The minimum absolute atomic E-state index is 0.158. The van der Waals surface area contributed by atoms with Crippen molar-refractivity contribution in [2.24, 2.45) is 0 Å². The Morgan fingerprint density at radius 3 is 2.39 bits per heavy atom. The Bertz CT molecular complexity index is 922. The summed E-state index contributed by atoms with van der Waals surface area (Å²) in [6, 6.07) is 8.61. The van der Waals surface area contributed by atoms with Crippen molar-refractivity contribution >= 4 is 41.2 Å². The van der Waals surface area contributed by atoms with Gasteiger partial charge in [0.2, 0.25) is 0 Å². The number of carbonyl (C=O) groups is 2. The minimum Gasteiger partial charge on any atom is -0.486 e. The van der Waals surface area contributed by atoms with E-state index in [-0.39, 0.29) is 33.9 Å². The van der Waals surface area contributed by atoms with Crippen molar-refractivity contribution in [1.82, 2.24) is 10.2 Å². The molecule has 0 unspecified atom stereocenters. The fraction of sp³-hybridized carbons (Fsp3) is 0.200. The fourth-order valence-corrected chi connectivity index (χ4v) is 3.31. The van der Waals surface area contributed by atoms with Gasteiger partial charge in [-0.05, 0) is 47.9 Å². The zero-order valence-electron chi connectivity index (χ0n) is 15.0. The van der Waals surface area contributed by atoms with Crippen LogP contribution in [0.4, 0.5) is 9.18 Å². The molecule has 8 heteroatoms. The van der Waals surface area contributed by atoms with Crippen molar-refractivity contribution in [3.05, 3.63) is 69.1 Å². The van der Waals surface area contributed by atoms with Crippen LogP contribution in [0.3, 0.4) is 0 Å². The molecule has 1 saturated heterocycles. The van der Waals surface area contributed by atoms with Crippen molar-refractivity contribution < 1.29 is 18.7 Å². The SMILES string of the molecule is CCCN1C(=O)N/C(=C/c2cc(Cl)c(OCc3ccc(F)cc3)c(Cl)c2)C1=O. The Kier molecular flexibility index (Phi) is 6.21. The lowest BCUT2D eigenvalue weighted by Gasteiger charge is -2.11. The van der Waals surface area contributed by atoms with Gasteiger partial charge in [-0.2, -0.15) is 0 Å². The molecule has 3 rings (SSSR count). The normalized spacial score (nSPS) is 15.3. The summed E-state index contributed by atoms with van der Waals surface area (Å²) < 4.78 is 18.6. The van der Waals surface area contributed by atoms with E-state index in [1.165, 1.54) is 18.2 Å². The first kappa shape index (κ1) is 20.2. The summed E-state index contributed by atoms with van der Waals surface area (Å²) in [4.78, 5) is 25.3. The van der Waals surface area contributed by atoms with E-state index in [1.54, 1.807) is 24.3 Å². The maximum absolute atomic E-state index is 13.0. The van der Waals surface area contributed by atoms with Crippen LogP contribution < -0.4 is 10.1 Å². The molecule has 0 aromatic heterocycles. The third-order valence-corrected chi connectivity index (χ3v) is 4.60. The first-order valence-corrected chi connectivity index (χ1v) is 9.35. The Hall–Kier alpha value is -2.57. The summed E-state index contributed by atoms with van der Waals surface area (Å²) in [6.45, 7) is 2.40. The molecule has 146 valence electrons. The molecule has 5 nitrogen and oxygen atoms in total. The Labute approximate surface area is 171 Å². The number of hydrogen-bond acceptors (Lipinski definition) is 3.